The quantitative estimate of drug-likeness (QED) is 0.802. The van der Waals surface area contributed by atoms with Crippen molar-refractivity contribution in [1.82, 2.24) is 14.8 Å². The van der Waals surface area contributed by atoms with Crippen LogP contribution >= 0.6 is 0 Å². The third-order valence-electron chi connectivity index (χ3n) is 3.29. The monoisotopic (exact) mass is 224 g/mol. The Morgan fingerprint density at radius 1 is 1.56 bits per heavy atom. The van der Waals surface area contributed by atoms with Gasteiger partial charge in [-0.2, -0.15) is 0 Å². The predicted molar refractivity (Wildman–Crippen MR) is 61.1 cm³/mol. The molecule has 2 N–H and O–H groups in total. The van der Waals surface area contributed by atoms with Crippen LogP contribution in [0.5, 0.6) is 0 Å². The Hall–Kier alpha value is -0.940. The Bertz CT molecular complexity index is 346. The standard InChI is InChI=1S/C11H20N4O/c1-8-3-4-15-10(5-8)13-14-11(15)6-9(7-12)16-2/h8-9H,3-7,12H2,1-2H3. The fourth-order valence-corrected chi connectivity index (χ4v) is 2.16. The van der Waals surface area contributed by atoms with Gasteiger partial charge in [-0.15, -0.1) is 10.2 Å². The third kappa shape index (κ3) is 2.25. The lowest BCUT2D eigenvalue weighted by molar-refractivity contribution is 0.107. The number of ether oxygens (including phenoxy) is 1. The first-order chi connectivity index (χ1) is 7.74. The molecular formula is C11H20N4O. The van der Waals surface area contributed by atoms with Crippen LogP contribution in [0.1, 0.15) is 25.0 Å². The van der Waals surface area contributed by atoms with Crippen molar-refractivity contribution in [3.63, 3.8) is 0 Å². The lowest BCUT2D eigenvalue weighted by Gasteiger charge is -2.21. The van der Waals surface area contributed by atoms with E-state index in [1.807, 2.05) is 0 Å². The molecule has 1 aromatic rings. The average molecular weight is 224 g/mol. The van der Waals surface area contributed by atoms with Crippen LogP contribution in [0.15, 0.2) is 0 Å². The maximum absolute atomic E-state index is 5.62. The molecule has 0 aromatic carbocycles. The van der Waals surface area contributed by atoms with E-state index in [0.717, 1.165) is 37.0 Å². The van der Waals surface area contributed by atoms with E-state index in [1.54, 1.807) is 7.11 Å². The molecule has 1 aliphatic rings. The normalized spacial score (nSPS) is 21.8. The van der Waals surface area contributed by atoms with E-state index in [1.165, 1.54) is 6.42 Å². The molecule has 2 heterocycles. The number of nitrogens with two attached hydrogens (primary N) is 1. The van der Waals surface area contributed by atoms with Gasteiger partial charge >= 0.3 is 0 Å². The van der Waals surface area contributed by atoms with E-state index in [9.17, 15) is 0 Å². The molecule has 1 aliphatic heterocycles. The minimum absolute atomic E-state index is 0.0487. The summed E-state index contributed by atoms with van der Waals surface area (Å²) < 4.78 is 7.50. The molecule has 90 valence electrons. The summed E-state index contributed by atoms with van der Waals surface area (Å²) in [5.74, 6) is 2.84. The Morgan fingerprint density at radius 3 is 3.06 bits per heavy atom. The number of nitrogens with zero attached hydrogens (tertiary/aromatic N) is 3. The third-order valence-corrected chi connectivity index (χ3v) is 3.29. The molecule has 0 bridgehead atoms. The van der Waals surface area contributed by atoms with Crippen molar-refractivity contribution in [3.05, 3.63) is 11.6 Å². The van der Waals surface area contributed by atoms with Crippen LogP contribution < -0.4 is 5.73 Å². The fourth-order valence-electron chi connectivity index (χ4n) is 2.16. The Morgan fingerprint density at radius 2 is 2.38 bits per heavy atom. The van der Waals surface area contributed by atoms with Gasteiger partial charge in [0.15, 0.2) is 0 Å². The second-order valence-corrected chi connectivity index (χ2v) is 4.58. The first-order valence-corrected chi connectivity index (χ1v) is 5.88. The Balaban J connectivity index is 2.11. The van der Waals surface area contributed by atoms with Crippen molar-refractivity contribution < 1.29 is 4.74 Å². The molecule has 2 rings (SSSR count). The topological polar surface area (TPSA) is 66.0 Å². The maximum atomic E-state index is 5.62. The average Bonchev–Trinajstić information content (AvgIpc) is 2.68. The van der Waals surface area contributed by atoms with E-state index in [0.29, 0.717) is 6.54 Å². The Kier molecular flexibility index (Phi) is 3.56. The maximum Gasteiger partial charge on any atom is 0.135 e. The number of hydrogen-bond donors (Lipinski definition) is 1. The smallest absolute Gasteiger partial charge is 0.135 e. The second kappa shape index (κ2) is 4.93. The van der Waals surface area contributed by atoms with Gasteiger partial charge in [-0.05, 0) is 12.3 Å². The lowest BCUT2D eigenvalue weighted by Crippen LogP contribution is -2.27. The number of methoxy groups -OCH3 is 1. The molecule has 2 unspecified atom stereocenters. The zero-order valence-electron chi connectivity index (χ0n) is 10.0. The summed E-state index contributed by atoms with van der Waals surface area (Å²) >= 11 is 0. The zero-order chi connectivity index (χ0) is 11.5. The van der Waals surface area contributed by atoms with Crippen LogP contribution in [0, 0.1) is 5.92 Å². The fraction of sp³-hybridized carbons (Fsp3) is 0.818. The van der Waals surface area contributed by atoms with Crippen LogP contribution in [-0.4, -0.2) is 34.5 Å². The molecule has 2 atom stereocenters. The highest BCUT2D eigenvalue weighted by molar-refractivity contribution is 5.01. The number of rotatable bonds is 4. The summed E-state index contributed by atoms with van der Waals surface area (Å²) in [5, 5.41) is 8.49. The molecule has 0 amide bonds. The Labute approximate surface area is 96.0 Å². The second-order valence-electron chi connectivity index (χ2n) is 4.58. The first-order valence-electron chi connectivity index (χ1n) is 5.88. The van der Waals surface area contributed by atoms with Crippen molar-refractivity contribution in [2.75, 3.05) is 13.7 Å². The first kappa shape index (κ1) is 11.5. The summed E-state index contributed by atoms with van der Waals surface area (Å²) in [5.41, 5.74) is 5.62. The highest BCUT2D eigenvalue weighted by atomic mass is 16.5. The van der Waals surface area contributed by atoms with Crippen molar-refractivity contribution in [2.24, 2.45) is 11.7 Å². The van der Waals surface area contributed by atoms with Crippen LogP contribution in [0.2, 0.25) is 0 Å². The van der Waals surface area contributed by atoms with Crippen LogP contribution in [0.25, 0.3) is 0 Å². The highest BCUT2D eigenvalue weighted by Gasteiger charge is 2.21. The molecular weight excluding hydrogens is 204 g/mol. The SMILES string of the molecule is COC(CN)Cc1nnc2n1CCC(C)C2. The molecule has 0 aliphatic carbocycles. The molecule has 16 heavy (non-hydrogen) atoms. The van der Waals surface area contributed by atoms with Gasteiger partial charge in [0, 0.05) is 33.0 Å². The van der Waals surface area contributed by atoms with Gasteiger partial charge in [0.25, 0.3) is 0 Å². The number of hydrogen-bond acceptors (Lipinski definition) is 4. The minimum atomic E-state index is 0.0487. The predicted octanol–water partition coefficient (Wildman–Crippen LogP) is 0.377. The molecule has 0 saturated heterocycles. The molecule has 0 spiro atoms. The van der Waals surface area contributed by atoms with Gasteiger partial charge < -0.3 is 15.0 Å². The van der Waals surface area contributed by atoms with Gasteiger partial charge in [-0.3, -0.25) is 0 Å². The van der Waals surface area contributed by atoms with E-state index in [-0.39, 0.29) is 6.10 Å². The van der Waals surface area contributed by atoms with Gasteiger partial charge in [-0.1, -0.05) is 6.92 Å². The number of aromatic nitrogens is 3. The lowest BCUT2D eigenvalue weighted by atomic mass is 10.0. The highest BCUT2D eigenvalue weighted by Crippen LogP contribution is 2.20. The van der Waals surface area contributed by atoms with Crippen molar-refractivity contribution in [2.45, 2.75) is 38.8 Å². The molecule has 0 fully saturated rings. The summed E-state index contributed by atoms with van der Waals surface area (Å²) in [6.45, 7) is 3.81. The van der Waals surface area contributed by atoms with Gasteiger partial charge in [0.2, 0.25) is 0 Å². The van der Waals surface area contributed by atoms with E-state index < -0.39 is 0 Å². The molecule has 0 radical (unpaired) electrons. The minimum Gasteiger partial charge on any atom is -0.380 e. The van der Waals surface area contributed by atoms with Crippen molar-refractivity contribution in [3.8, 4) is 0 Å². The summed E-state index contributed by atoms with van der Waals surface area (Å²) in [6.07, 6.45) is 3.05. The molecule has 0 saturated carbocycles. The molecule has 1 aromatic heterocycles. The van der Waals surface area contributed by atoms with E-state index in [4.69, 9.17) is 10.5 Å². The summed E-state index contributed by atoms with van der Waals surface area (Å²) in [6, 6.07) is 0. The van der Waals surface area contributed by atoms with Gasteiger partial charge in [0.1, 0.15) is 11.6 Å². The summed E-state index contributed by atoms with van der Waals surface area (Å²) in [7, 11) is 1.69. The van der Waals surface area contributed by atoms with Gasteiger partial charge in [-0.25, -0.2) is 0 Å². The van der Waals surface area contributed by atoms with E-state index in [2.05, 4.69) is 21.7 Å². The van der Waals surface area contributed by atoms with Crippen LogP contribution in [0.4, 0.5) is 0 Å². The van der Waals surface area contributed by atoms with Crippen molar-refractivity contribution in [1.29, 1.82) is 0 Å². The van der Waals surface area contributed by atoms with Crippen molar-refractivity contribution >= 4 is 0 Å². The van der Waals surface area contributed by atoms with Gasteiger partial charge in [0.05, 0.1) is 6.10 Å². The van der Waals surface area contributed by atoms with E-state index >= 15 is 0 Å². The zero-order valence-corrected chi connectivity index (χ0v) is 10.0. The molecule has 5 nitrogen and oxygen atoms in total. The molecule has 5 heteroatoms. The summed E-state index contributed by atoms with van der Waals surface area (Å²) in [4.78, 5) is 0. The number of fused-ring (bicyclic) bond motifs is 1. The van der Waals surface area contributed by atoms with Crippen LogP contribution in [-0.2, 0) is 24.1 Å². The van der Waals surface area contributed by atoms with Crippen LogP contribution in [0.3, 0.4) is 0 Å². The largest absolute Gasteiger partial charge is 0.380 e.